The normalized spacial score (nSPS) is 19.8. The molecule has 3 heteroatoms. The van der Waals surface area contributed by atoms with Crippen LogP contribution in [0.1, 0.15) is 47.7 Å². The van der Waals surface area contributed by atoms with Crippen molar-refractivity contribution in [3.05, 3.63) is 65.2 Å². The summed E-state index contributed by atoms with van der Waals surface area (Å²) in [6.45, 7) is 5.02. The standard InChI is InChI=1S/C22H26N2O/c1-17-8-11-19-6-2-3-7-21(19)24(17)16-18-9-12-20(13-10-18)22(25)23-14-4-5-15-23/h2-3,6-7,9-10,12-13,17H,4-5,8,11,14-16H2,1H3. The quantitative estimate of drug-likeness (QED) is 0.837. The van der Waals surface area contributed by atoms with Crippen LogP contribution in [0.3, 0.4) is 0 Å². The van der Waals surface area contributed by atoms with Crippen molar-refractivity contribution in [3.8, 4) is 0 Å². The van der Waals surface area contributed by atoms with Crippen LogP contribution >= 0.6 is 0 Å². The van der Waals surface area contributed by atoms with E-state index in [1.807, 2.05) is 17.0 Å². The second-order valence-corrected chi connectivity index (χ2v) is 7.34. The van der Waals surface area contributed by atoms with Crippen molar-refractivity contribution in [1.82, 2.24) is 4.90 Å². The van der Waals surface area contributed by atoms with E-state index in [1.54, 1.807) is 0 Å². The lowest BCUT2D eigenvalue weighted by molar-refractivity contribution is 0.0793. The Hall–Kier alpha value is -2.29. The van der Waals surface area contributed by atoms with Crippen molar-refractivity contribution in [2.45, 2.75) is 45.2 Å². The zero-order valence-electron chi connectivity index (χ0n) is 14.9. The van der Waals surface area contributed by atoms with E-state index in [2.05, 4.69) is 48.2 Å². The number of likely N-dealkylation sites (tertiary alicyclic amines) is 1. The van der Waals surface area contributed by atoms with Crippen LogP contribution in [0.15, 0.2) is 48.5 Å². The van der Waals surface area contributed by atoms with Crippen LogP contribution in [-0.2, 0) is 13.0 Å². The third-order valence-electron chi connectivity index (χ3n) is 5.61. The topological polar surface area (TPSA) is 23.6 Å². The van der Waals surface area contributed by atoms with Crippen LogP contribution in [0, 0.1) is 0 Å². The van der Waals surface area contributed by atoms with Crippen molar-refractivity contribution in [3.63, 3.8) is 0 Å². The molecule has 1 saturated heterocycles. The second-order valence-electron chi connectivity index (χ2n) is 7.34. The molecule has 0 saturated carbocycles. The van der Waals surface area contributed by atoms with Crippen molar-refractivity contribution < 1.29 is 4.79 Å². The first-order valence-corrected chi connectivity index (χ1v) is 9.45. The molecule has 1 atom stereocenters. The zero-order chi connectivity index (χ0) is 17.2. The Morgan fingerprint density at radius 2 is 1.76 bits per heavy atom. The number of hydrogen-bond donors (Lipinski definition) is 0. The molecule has 25 heavy (non-hydrogen) atoms. The number of hydrogen-bond acceptors (Lipinski definition) is 2. The minimum Gasteiger partial charge on any atom is -0.364 e. The molecule has 0 radical (unpaired) electrons. The molecule has 1 amide bonds. The molecule has 0 aromatic heterocycles. The molecule has 2 aliphatic rings. The number of rotatable bonds is 3. The molecule has 130 valence electrons. The molecule has 2 heterocycles. The van der Waals surface area contributed by atoms with Gasteiger partial charge in [0.25, 0.3) is 5.91 Å². The van der Waals surface area contributed by atoms with Crippen LogP contribution in [0.4, 0.5) is 5.69 Å². The third kappa shape index (κ3) is 3.28. The summed E-state index contributed by atoms with van der Waals surface area (Å²) >= 11 is 0. The fraction of sp³-hybridized carbons (Fsp3) is 0.409. The van der Waals surface area contributed by atoms with E-state index >= 15 is 0 Å². The maximum absolute atomic E-state index is 12.5. The van der Waals surface area contributed by atoms with Gasteiger partial charge in [-0.2, -0.15) is 0 Å². The van der Waals surface area contributed by atoms with Crippen LogP contribution < -0.4 is 4.90 Å². The zero-order valence-corrected chi connectivity index (χ0v) is 14.9. The molecular weight excluding hydrogens is 308 g/mol. The molecule has 0 spiro atoms. The average Bonchev–Trinajstić information content (AvgIpc) is 3.19. The first kappa shape index (κ1) is 16.2. The number of benzene rings is 2. The fourth-order valence-corrected chi connectivity index (χ4v) is 4.05. The van der Waals surface area contributed by atoms with Gasteiger partial charge in [-0.15, -0.1) is 0 Å². The second kappa shape index (κ2) is 6.91. The van der Waals surface area contributed by atoms with Crippen molar-refractivity contribution in [2.75, 3.05) is 18.0 Å². The monoisotopic (exact) mass is 334 g/mol. The van der Waals surface area contributed by atoms with Gasteiger partial charge in [0, 0.05) is 36.9 Å². The lowest BCUT2D eigenvalue weighted by atomic mass is 9.96. The van der Waals surface area contributed by atoms with E-state index in [1.165, 1.54) is 23.2 Å². The molecule has 1 unspecified atom stereocenters. The minimum absolute atomic E-state index is 0.181. The first-order chi connectivity index (χ1) is 12.2. The largest absolute Gasteiger partial charge is 0.364 e. The SMILES string of the molecule is CC1CCc2ccccc2N1Cc1ccc(C(=O)N2CCCC2)cc1. The lowest BCUT2D eigenvalue weighted by Gasteiger charge is -2.37. The van der Waals surface area contributed by atoms with E-state index < -0.39 is 0 Å². The summed E-state index contributed by atoms with van der Waals surface area (Å²) in [5.74, 6) is 0.181. The lowest BCUT2D eigenvalue weighted by Crippen LogP contribution is -2.36. The molecule has 2 aromatic rings. The van der Waals surface area contributed by atoms with Crippen LogP contribution in [-0.4, -0.2) is 29.9 Å². The highest BCUT2D eigenvalue weighted by Gasteiger charge is 2.23. The van der Waals surface area contributed by atoms with Gasteiger partial charge in [0.15, 0.2) is 0 Å². The number of fused-ring (bicyclic) bond motifs is 1. The fourth-order valence-electron chi connectivity index (χ4n) is 4.05. The summed E-state index contributed by atoms with van der Waals surface area (Å²) < 4.78 is 0. The smallest absolute Gasteiger partial charge is 0.253 e. The Bertz CT molecular complexity index is 747. The number of carbonyl (C=O) groups excluding carboxylic acids is 1. The van der Waals surface area contributed by atoms with Gasteiger partial charge in [0.1, 0.15) is 0 Å². The van der Waals surface area contributed by atoms with E-state index in [-0.39, 0.29) is 5.91 Å². The number of para-hydroxylation sites is 1. The maximum atomic E-state index is 12.5. The molecule has 2 aromatic carbocycles. The van der Waals surface area contributed by atoms with Crippen molar-refractivity contribution in [1.29, 1.82) is 0 Å². The van der Waals surface area contributed by atoms with E-state index in [4.69, 9.17) is 0 Å². The Labute approximate surface area is 150 Å². The van der Waals surface area contributed by atoms with E-state index in [0.29, 0.717) is 6.04 Å². The van der Waals surface area contributed by atoms with Crippen LogP contribution in [0.2, 0.25) is 0 Å². The summed E-state index contributed by atoms with van der Waals surface area (Å²) in [4.78, 5) is 16.9. The van der Waals surface area contributed by atoms with E-state index in [9.17, 15) is 4.79 Å². The molecule has 0 N–H and O–H groups in total. The number of anilines is 1. The van der Waals surface area contributed by atoms with Gasteiger partial charge in [0.05, 0.1) is 0 Å². The highest BCUT2D eigenvalue weighted by atomic mass is 16.2. The highest BCUT2D eigenvalue weighted by molar-refractivity contribution is 5.94. The molecule has 1 fully saturated rings. The van der Waals surface area contributed by atoms with Crippen molar-refractivity contribution in [2.24, 2.45) is 0 Å². The summed E-state index contributed by atoms with van der Waals surface area (Å²) in [5.41, 5.74) is 4.89. The Morgan fingerprint density at radius 3 is 2.52 bits per heavy atom. The number of carbonyl (C=O) groups is 1. The van der Waals surface area contributed by atoms with Gasteiger partial charge in [-0.1, -0.05) is 30.3 Å². The molecule has 0 bridgehead atoms. The Kier molecular flexibility index (Phi) is 4.48. The number of amides is 1. The summed E-state index contributed by atoms with van der Waals surface area (Å²) in [6, 6.07) is 17.5. The Morgan fingerprint density at radius 1 is 1.04 bits per heavy atom. The minimum atomic E-state index is 0.181. The van der Waals surface area contributed by atoms with Crippen molar-refractivity contribution >= 4 is 11.6 Å². The number of nitrogens with zero attached hydrogens (tertiary/aromatic N) is 2. The van der Waals surface area contributed by atoms with Crippen LogP contribution in [0.25, 0.3) is 0 Å². The van der Waals surface area contributed by atoms with Gasteiger partial charge in [0.2, 0.25) is 0 Å². The predicted molar refractivity (Wildman–Crippen MR) is 102 cm³/mol. The third-order valence-corrected chi connectivity index (χ3v) is 5.61. The predicted octanol–water partition coefficient (Wildman–Crippen LogP) is 4.26. The molecular formula is C22H26N2O. The number of aryl methyl sites for hydroxylation is 1. The molecule has 2 aliphatic heterocycles. The van der Waals surface area contributed by atoms with Crippen LogP contribution in [0.5, 0.6) is 0 Å². The molecule has 4 rings (SSSR count). The molecule has 0 aliphatic carbocycles. The van der Waals surface area contributed by atoms with Gasteiger partial charge in [-0.05, 0) is 61.9 Å². The summed E-state index contributed by atoms with van der Waals surface area (Å²) in [5, 5.41) is 0. The van der Waals surface area contributed by atoms with Gasteiger partial charge in [-0.25, -0.2) is 0 Å². The Balaban J connectivity index is 1.50. The van der Waals surface area contributed by atoms with Gasteiger partial charge < -0.3 is 9.80 Å². The molecule has 3 nitrogen and oxygen atoms in total. The van der Waals surface area contributed by atoms with Gasteiger partial charge in [-0.3, -0.25) is 4.79 Å². The summed E-state index contributed by atoms with van der Waals surface area (Å²) in [7, 11) is 0. The van der Waals surface area contributed by atoms with Gasteiger partial charge >= 0.3 is 0 Å². The van der Waals surface area contributed by atoms with E-state index in [0.717, 1.165) is 44.5 Å². The average molecular weight is 334 g/mol. The summed E-state index contributed by atoms with van der Waals surface area (Å²) in [6.07, 6.45) is 4.63. The highest BCUT2D eigenvalue weighted by Crippen LogP contribution is 2.31. The maximum Gasteiger partial charge on any atom is 0.253 e. The first-order valence-electron chi connectivity index (χ1n) is 9.45.